The Bertz CT molecular complexity index is 768. The van der Waals surface area contributed by atoms with E-state index in [0.29, 0.717) is 0 Å². The number of anilines is 1. The first-order chi connectivity index (χ1) is 11.3. The second-order valence-electron chi connectivity index (χ2n) is 4.62. The van der Waals surface area contributed by atoms with Gasteiger partial charge >= 0.3 is 12.3 Å². The molecule has 1 heterocycles. The number of aromatic nitrogens is 2. The third-order valence-corrected chi connectivity index (χ3v) is 3.29. The Hall–Kier alpha value is -2.75. The monoisotopic (exact) mass is 360 g/mol. The number of benzene rings is 1. The molecule has 1 aromatic carbocycles. The number of rotatable bonds is 6. The molecule has 11 heteroatoms. The number of hydrogen-bond donors (Lipinski definition) is 1. The van der Waals surface area contributed by atoms with Crippen LogP contribution >= 0.6 is 11.6 Å². The molecule has 0 bridgehead atoms. The number of alkyl halides is 2. The summed E-state index contributed by atoms with van der Waals surface area (Å²) in [6.45, 7) is -1.53. The maximum absolute atomic E-state index is 12.2. The fourth-order valence-electron chi connectivity index (χ4n) is 1.77. The summed E-state index contributed by atoms with van der Waals surface area (Å²) in [5.74, 6) is -0.744. The molecule has 0 saturated heterocycles. The molecule has 0 saturated carbocycles. The van der Waals surface area contributed by atoms with Crippen LogP contribution in [0.4, 0.5) is 20.2 Å². The molecule has 24 heavy (non-hydrogen) atoms. The summed E-state index contributed by atoms with van der Waals surface area (Å²) in [6, 6.07) is 2.93. The van der Waals surface area contributed by atoms with Crippen molar-refractivity contribution in [3.8, 4) is 5.75 Å². The molecule has 1 aromatic heterocycles. The van der Waals surface area contributed by atoms with Gasteiger partial charge in [0.15, 0.2) is 0 Å². The number of halogens is 3. The highest BCUT2D eigenvalue weighted by Crippen LogP contribution is 2.29. The van der Waals surface area contributed by atoms with Gasteiger partial charge < -0.3 is 10.1 Å². The Morgan fingerprint density at radius 3 is 2.75 bits per heavy atom. The Morgan fingerprint density at radius 1 is 1.50 bits per heavy atom. The third-order valence-electron chi connectivity index (χ3n) is 2.99. The first kappa shape index (κ1) is 17.6. The van der Waals surface area contributed by atoms with E-state index < -0.39 is 23.5 Å². The van der Waals surface area contributed by atoms with Gasteiger partial charge in [-0.2, -0.15) is 13.9 Å². The summed E-state index contributed by atoms with van der Waals surface area (Å²) in [6.07, 6.45) is 2.15. The number of amides is 1. The van der Waals surface area contributed by atoms with Crippen molar-refractivity contribution in [3.63, 3.8) is 0 Å². The van der Waals surface area contributed by atoms with Crippen molar-refractivity contribution in [1.82, 2.24) is 9.78 Å². The smallest absolute Gasteiger partial charge is 0.387 e. The second-order valence-corrected chi connectivity index (χ2v) is 5.03. The number of nitrogens with one attached hydrogen (secondary N) is 1. The molecule has 2 rings (SSSR count). The zero-order valence-electron chi connectivity index (χ0n) is 12.1. The maximum Gasteiger partial charge on any atom is 0.387 e. The van der Waals surface area contributed by atoms with E-state index in [1.807, 2.05) is 0 Å². The van der Waals surface area contributed by atoms with Crippen molar-refractivity contribution in [1.29, 1.82) is 0 Å². The van der Waals surface area contributed by atoms with E-state index in [1.165, 1.54) is 25.1 Å². The topological polar surface area (TPSA) is 99.3 Å². The van der Waals surface area contributed by atoms with Gasteiger partial charge in [0.05, 0.1) is 9.95 Å². The summed E-state index contributed by atoms with van der Waals surface area (Å²) >= 11 is 5.79. The predicted molar refractivity (Wildman–Crippen MR) is 80.3 cm³/mol. The Balaban J connectivity index is 2.08. The highest BCUT2D eigenvalue weighted by Gasteiger charge is 2.19. The third kappa shape index (κ3) is 4.16. The minimum absolute atomic E-state index is 0.101. The normalized spacial score (nSPS) is 12.0. The number of ether oxygens (including phenoxy) is 1. The van der Waals surface area contributed by atoms with Crippen LogP contribution in [0.5, 0.6) is 5.75 Å². The molecule has 1 unspecified atom stereocenters. The van der Waals surface area contributed by atoms with Gasteiger partial charge in [-0.25, -0.2) is 0 Å². The summed E-state index contributed by atoms with van der Waals surface area (Å²) < 4.78 is 29.6. The molecule has 0 aliphatic carbocycles. The number of nitro groups is 1. The quantitative estimate of drug-likeness (QED) is 0.629. The molecule has 2 aromatic rings. The van der Waals surface area contributed by atoms with Gasteiger partial charge in [-0.3, -0.25) is 19.6 Å². The van der Waals surface area contributed by atoms with E-state index in [0.717, 1.165) is 17.1 Å². The zero-order valence-corrected chi connectivity index (χ0v) is 12.9. The number of carbonyl (C=O) groups excluding carboxylic acids is 1. The van der Waals surface area contributed by atoms with Gasteiger partial charge in [0.25, 0.3) is 0 Å². The Kier molecular flexibility index (Phi) is 5.29. The van der Waals surface area contributed by atoms with Gasteiger partial charge in [0.2, 0.25) is 5.91 Å². The molecule has 1 atom stereocenters. The van der Waals surface area contributed by atoms with Crippen molar-refractivity contribution >= 4 is 28.9 Å². The van der Waals surface area contributed by atoms with E-state index >= 15 is 0 Å². The molecule has 0 spiro atoms. The van der Waals surface area contributed by atoms with Gasteiger partial charge in [-0.05, 0) is 25.1 Å². The van der Waals surface area contributed by atoms with Crippen LogP contribution in [0.25, 0.3) is 0 Å². The van der Waals surface area contributed by atoms with Gasteiger partial charge in [-0.1, -0.05) is 11.6 Å². The lowest BCUT2D eigenvalue weighted by atomic mass is 10.2. The largest absolute Gasteiger partial charge is 0.433 e. The molecule has 0 radical (unpaired) electrons. The van der Waals surface area contributed by atoms with Crippen molar-refractivity contribution in [2.24, 2.45) is 0 Å². The van der Waals surface area contributed by atoms with Gasteiger partial charge in [0, 0.05) is 5.69 Å². The average molecular weight is 361 g/mol. The lowest BCUT2D eigenvalue weighted by Crippen LogP contribution is -2.24. The van der Waals surface area contributed by atoms with E-state index in [1.54, 1.807) is 0 Å². The Labute approximate surface area is 139 Å². The van der Waals surface area contributed by atoms with Crippen LogP contribution in [0.15, 0.2) is 30.6 Å². The highest BCUT2D eigenvalue weighted by molar-refractivity contribution is 6.32. The number of carbonyl (C=O) groups is 1. The molecule has 128 valence electrons. The molecule has 0 aliphatic rings. The van der Waals surface area contributed by atoms with Crippen LogP contribution in [0, 0.1) is 10.1 Å². The van der Waals surface area contributed by atoms with E-state index in [9.17, 15) is 23.7 Å². The van der Waals surface area contributed by atoms with Crippen LogP contribution < -0.4 is 10.1 Å². The van der Waals surface area contributed by atoms with Gasteiger partial charge in [0.1, 0.15) is 24.2 Å². The SMILES string of the molecule is CC(C(=O)Nc1ccc(OC(F)F)c(Cl)c1)n1cc([N+](=O)[O-])cn1. The van der Waals surface area contributed by atoms with Crippen LogP contribution in [0.1, 0.15) is 13.0 Å². The molecule has 1 amide bonds. The summed E-state index contributed by atoms with van der Waals surface area (Å²) in [4.78, 5) is 22.1. The molecule has 8 nitrogen and oxygen atoms in total. The van der Waals surface area contributed by atoms with Crippen LogP contribution in [0.3, 0.4) is 0 Å². The maximum atomic E-state index is 12.2. The minimum Gasteiger partial charge on any atom is -0.433 e. The second kappa shape index (κ2) is 7.21. The molecular weight excluding hydrogens is 350 g/mol. The minimum atomic E-state index is -3.02. The summed E-state index contributed by atoms with van der Waals surface area (Å²) in [7, 11) is 0. The van der Waals surface area contributed by atoms with E-state index in [4.69, 9.17) is 11.6 Å². The first-order valence-electron chi connectivity index (χ1n) is 6.51. The summed E-state index contributed by atoms with van der Waals surface area (Å²) in [5, 5.41) is 16.8. The standard InChI is InChI=1S/C13H11ClF2N4O4/c1-7(19-6-9(5-17-19)20(22)23)12(21)18-8-2-3-11(10(14)4-8)24-13(15)16/h2-7,13H,1H3,(H,18,21). The first-order valence-corrected chi connectivity index (χ1v) is 6.89. The lowest BCUT2D eigenvalue weighted by molar-refractivity contribution is -0.385. The molecule has 0 aliphatic heterocycles. The molecule has 0 fully saturated rings. The lowest BCUT2D eigenvalue weighted by Gasteiger charge is -2.13. The van der Waals surface area contributed by atoms with Crippen molar-refractivity contribution in [2.75, 3.05) is 5.32 Å². The van der Waals surface area contributed by atoms with Crippen LogP contribution in [0.2, 0.25) is 5.02 Å². The molecule has 1 N–H and O–H groups in total. The van der Waals surface area contributed by atoms with E-state index in [2.05, 4.69) is 15.2 Å². The Morgan fingerprint density at radius 2 is 2.21 bits per heavy atom. The fraction of sp³-hybridized carbons (Fsp3) is 0.231. The summed E-state index contributed by atoms with van der Waals surface area (Å²) in [5.41, 5.74) is 0.00585. The van der Waals surface area contributed by atoms with Crippen molar-refractivity contribution in [2.45, 2.75) is 19.6 Å². The van der Waals surface area contributed by atoms with Crippen LogP contribution in [-0.2, 0) is 4.79 Å². The van der Waals surface area contributed by atoms with Crippen LogP contribution in [-0.4, -0.2) is 27.2 Å². The van der Waals surface area contributed by atoms with Gasteiger partial charge in [-0.15, -0.1) is 0 Å². The predicted octanol–water partition coefficient (Wildman–Crippen LogP) is 3.25. The zero-order chi connectivity index (χ0) is 17.9. The number of nitrogens with zero attached hydrogens (tertiary/aromatic N) is 3. The van der Waals surface area contributed by atoms with Crippen molar-refractivity contribution < 1.29 is 23.2 Å². The van der Waals surface area contributed by atoms with Crippen molar-refractivity contribution in [3.05, 3.63) is 45.7 Å². The highest BCUT2D eigenvalue weighted by atomic mass is 35.5. The van der Waals surface area contributed by atoms with E-state index in [-0.39, 0.29) is 22.1 Å². The average Bonchev–Trinajstić information content (AvgIpc) is 2.99. The molecular formula is C13H11ClF2N4O4. The number of hydrogen-bond acceptors (Lipinski definition) is 5. The fourth-order valence-corrected chi connectivity index (χ4v) is 2.00.